The first-order valence-electron chi connectivity index (χ1n) is 10.7. The molecule has 1 fully saturated rings. The standard InChI is InChI=1S/C21H36N4O4S.HI/c1-4-22-21(24-15-18(3)29-19-10-7-8-17(2)14-19)23-11-13-30(26,27)25-16-20-9-5-6-12-28-20;/h7-8,10,14,18,20,25H,4-6,9,11-13,15-16H2,1-3H3,(H2,22,23,24);1H. The molecule has 1 heterocycles. The Kier molecular flexibility index (Phi) is 13.4. The molecule has 0 amide bonds. The van der Waals surface area contributed by atoms with Crippen LogP contribution in [0.1, 0.15) is 38.7 Å². The van der Waals surface area contributed by atoms with Gasteiger partial charge in [-0.25, -0.2) is 18.1 Å². The van der Waals surface area contributed by atoms with Crippen LogP contribution >= 0.6 is 24.0 Å². The summed E-state index contributed by atoms with van der Waals surface area (Å²) in [6.45, 7) is 8.39. The lowest BCUT2D eigenvalue weighted by molar-refractivity contribution is 0.0200. The molecule has 1 aliphatic heterocycles. The number of guanidine groups is 1. The molecule has 1 aromatic rings. The van der Waals surface area contributed by atoms with Crippen LogP contribution in [0.25, 0.3) is 0 Å². The van der Waals surface area contributed by atoms with E-state index >= 15 is 0 Å². The molecule has 1 aromatic carbocycles. The second-order valence-corrected chi connectivity index (χ2v) is 9.47. The molecular weight excluding hydrogens is 531 g/mol. The lowest BCUT2D eigenvalue weighted by atomic mass is 10.1. The van der Waals surface area contributed by atoms with Gasteiger partial charge in [0.1, 0.15) is 11.9 Å². The fourth-order valence-electron chi connectivity index (χ4n) is 3.08. The van der Waals surface area contributed by atoms with E-state index in [1.54, 1.807) is 0 Å². The highest BCUT2D eigenvalue weighted by Crippen LogP contribution is 2.14. The number of aryl methyl sites for hydroxylation is 1. The van der Waals surface area contributed by atoms with Gasteiger partial charge in [0.2, 0.25) is 10.0 Å². The van der Waals surface area contributed by atoms with E-state index in [0.717, 1.165) is 30.6 Å². The molecule has 0 spiro atoms. The number of rotatable bonds is 11. The fourth-order valence-corrected chi connectivity index (χ4v) is 4.04. The zero-order valence-electron chi connectivity index (χ0n) is 18.7. The summed E-state index contributed by atoms with van der Waals surface area (Å²) < 4.78 is 38.5. The van der Waals surface area contributed by atoms with Crippen LogP contribution in [0.15, 0.2) is 29.3 Å². The van der Waals surface area contributed by atoms with Gasteiger partial charge in [-0.3, -0.25) is 0 Å². The summed E-state index contributed by atoms with van der Waals surface area (Å²) in [6, 6.07) is 7.89. The van der Waals surface area contributed by atoms with Crippen LogP contribution in [0.2, 0.25) is 0 Å². The Bertz CT molecular complexity index is 770. The molecule has 0 bridgehead atoms. The monoisotopic (exact) mass is 568 g/mol. The Morgan fingerprint density at radius 1 is 1.32 bits per heavy atom. The average Bonchev–Trinajstić information content (AvgIpc) is 2.71. The maximum Gasteiger partial charge on any atom is 0.213 e. The molecule has 31 heavy (non-hydrogen) atoms. The van der Waals surface area contributed by atoms with Crippen molar-refractivity contribution in [2.45, 2.75) is 52.2 Å². The highest BCUT2D eigenvalue weighted by atomic mass is 127. The Morgan fingerprint density at radius 2 is 2.13 bits per heavy atom. The predicted molar refractivity (Wildman–Crippen MR) is 136 cm³/mol. The lowest BCUT2D eigenvalue weighted by Crippen LogP contribution is -2.43. The Hall–Kier alpha value is -1.11. The highest BCUT2D eigenvalue weighted by Gasteiger charge is 2.17. The van der Waals surface area contributed by atoms with Crippen molar-refractivity contribution < 1.29 is 17.9 Å². The van der Waals surface area contributed by atoms with Crippen LogP contribution in [0.4, 0.5) is 0 Å². The number of hydrogen-bond donors (Lipinski definition) is 3. The van der Waals surface area contributed by atoms with Crippen LogP contribution in [-0.4, -0.2) is 65.1 Å². The van der Waals surface area contributed by atoms with Gasteiger partial charge in [-0.15, -0.1) is 24.0 Å². The van der Waals surface area contributed by atoms with Crippen molar-refractivity contribution in [1.82, 2.24) is 15.4 Å². The van der Waals surface area contributed by atoms with E-state index in [1.165, 1.54) is 0 Å². The summed E-state index contributed by atoms with van der Waals surface area (Å²) >= 11 is 0. The van der Waals surface area contributed by atoms with Gasteiger partial charge in [0, 0.05) is 26.2 Å². The van der Waals surface area contributed by atoms with Crippen LogP contribution in [-0.2, 0) is 14.8 Å². The number of sulfonamides is 1. The maximum absolute atomic E-state index is 12.2. The third kappa shape index (κ3) is 11.9. The quantitative estimate of drug-likeness (QED) is 0.216. The average molecular weight is 569 g/mol. The van der Waals surface area contributed by atoms with E-state index < -0.39 is 10.0 Å². The Labute approximate surface area is 204 Å². The molecule has 1 aliphatic rings. The first-order chi connectivity index (χ1) is 14.4. The molecule has 2 unspecified atom stereocenters. The molecule has 0 radical (unpaired) electrons. The minimum absolute atomic E-state index is 0. The SMILES string of the molecule is CCNC(=NCC(C)Oc1cccc(C)c1)NCCS(=O)(=O)NCC1CCCCO1.I. The van der Waals surface area contributed by atoms with E-state index in [2.05, 4.69) is 20.3 Å². The van der Waals surface area contributed by atoms with E-state index in [-0.39, 0.29) is 48.5 Å². The number of nitrogens with one attached hydrogen (secondary N) is 3. The van der Waals surface area contributed by atoms with Gasteiger partial charge in [-0.2, -0.15) is 0 Å². The predicted octanol–water partition coefficient (Wildman–Crippen LogP) is 2.42. The van der Waals surface area contributed by atoms with Crippen molar-refractivity contribution in [3.05, 3.63) is 29.8 Å². The van der Waals surface area contributed by atoms with Crippen LogP contribution in [0, 0.1) is 6.92 Å². The highest BCUT2D eigenvalue weighted by molar-refractivity contribution is 14.0. The molecule has 0 aromatic heterocycles. The summed E-state index contributed by atoms with van der Waals surface area (Å²) in [5.41, 5.74) is 1.14. The van der Waals surface area contributed by atoms with Crippen molar-refractivity contribution in [3.63, 3.8) is 0 Å². The first kappa shape index (κ1) is 27.9. The number of hydrogen-bond acceptors (Lipinski definition) is 5. The minimum Gasteiger partial charge on any atom is -0.489 e. The van der Waals surface area contributed by atoms with Crippen LogP contribution in [0.3, 0.4) is 0 Å². The number of nitrogens with zero attached hydrogens (tertiary/aromatic N) is 1. The third-order valence-corrected chi connectivity index (χ3v) is 5.99. The number of benzene rings is 1. The Morgan fingerprint density at radius 3 is 2.81 bits per heavy atom. The molecule has 8 nitrogen and oxygen atoms in total. The van der Waals surface area contributed by atoms with Crippen molar-refractivity contribution in [1.29, 1.82) is 0 Å². The second-order valence-electron chi connectivity index (χ2n) is 7.55. The van der Waals surface area contributed by atoms with E-state index in [9.17, 15) is 8.42 Å². The topological polar surface area (TPSA) is 101 Å². The van der Waals surface area contributed by atoms with Gasteiger partial charge >= 0.3 is 0 Å². The van der Waals surface area contributed by atoms with E-state index in [4.69, 9.17) is 9.47 Å². The summed E-state index contributed by atoms with van der Waals surface area (Å²) in [6.07, 6.45) is 2.91. The molecular formula is C21H37IN4O4S. The van der Waals surface area contributed by atoms with E-state index in [1.807, 2.05) is 45.0 Å². The lowest BCUT2D eigenvalue weighted by Gasteiger charge is -2.22. The number of halogens is 1. The molecule has 1 saturated heterocycles. The smallest absolute Gasteiger partial charge is 0.213 e. The zero-order valence-corrected chi connectivity index (χ0v) is 21.9. The van der Waals surface area contributed by atoms with E-state index in [0.29, 0.717) is 32.2 Å². The van der Waals surface area contributed by atoms with Crippen molar-refractivity contribution in [3.8, 4) is 5.75 Å². The van der Waals surface area contributed by atoms with Gasteiger partial charge in [0.05, 0.1) is 18.4 Å². The van der Waals surface area contributed by atoms with Gasteiger partial charge in [-0.05, 0) is 57.7 Å². The van der Waals surface area contributed by atoms with Gasteiger partial charge in [0.25, 0.3) is 0 Å². The molecule has 2 atom stereocenters. The van der Waals surface area contributed by atoms with Crippen LogP contribution < -0.4 is 20.1 Å². The maximum atomic E-state index is 12.2. The van der Waals surface area contributed by atoms with Crippen LogP contribution in [0.5, 0.6) is 5.75 Å². The number of ether oxygens (including phenoxy) is 2. The minimum atomic E-state index is -3.37. The van der Waals surface area contributed by atoms with Gasteiger partial charge in [-0.1, -0.05) is 12.1 Å². The van der Waals surface area contributed by atoms with Gasteiger partial charge < -0.3 is 20.1 Å². The summed E-state index contributed by atoms with van der Waals surface area (Å²) in [5.74, 6) is 1.36. The summed E-state index contributed by atoms with van der Waals surface area (Å²) in [7, 11) is -3.37. The second kappa shape index (κ2) is 14.9. The summed E-state index contributed by atoms with van der Waals surface area (Å²) in [4.78, 5) is 4.51. The molecule has 10 heteroatoms. The molecule has 3 N–H and O–H groups in total. The van der Waals surface area contributed by atoms with Crippen molar-refractivity contribution in [2.75, 3.05) is 38.5 Å². The summed E-state index contributed by atoms with van der Waals surface area (Å²) in [5, 5.41) is 6.21. The Balaban J connectivity index is 0.00000480. The first-order valence-corrected chi connectivity index (χ1v) is 12.4. The van der Waals surface area contributed by atoms with Crippen molar-refractivity contribution >= 4 is 40.0 Å². The molecule has 0 aliphatic carbocycles. The number of aliphatic imine (C=N–C) groups is 1. The van der Waals surface area contributed by atoms with Crippen molar-refractivity contribution in [2.24, 2.45) is 4.99 Å². The third-order valence-electron chi connectivity index (χ3n) is 4.65. The largest absolute Gasteiger partial charge is 0.489 e. The molecule has 2 rings (SSSR count). The molecule has 0 saturated carbocycles. The normalized spacial score (nSPS) is 18.0. The zero-order chi connectivity index (χ0) is 21.8. The molecule has 178 valence electrons. The fraction of sp³-hybridized carbons (Fsp3) is 0.667. The van der Waals surface area contributed by atoms with Gasteiger partial charge in [0.15, 0.2) is 5.96 Å².